The van der Waals surface area contributed by atoms with Crippen LogP contribution in [0, 0.1) is 6.92 Å². The van der Waals surface area contributed by atoms with Gasteiger partial charge in [0, 0.05) is 11.3 Å². The maximum absolute atomic E-state index is 12.3. The van der Waals surface area contributed by atoms with E-state index in [0.29, 0.717) is 11.3 Å². The number of allylic oxidation sites excluding steroid dienone is 1. The Labute approximate surface area is 159 Å². The van der Waals surface area contributed by atoms with Crippen LogP contribution in [0.25, 0.3) is 6.08 Å². The van der Waals surface area contributed by atoms with E-state index in [9.17, 15) is 13.2 Å². The lowest BCUT2D eigenvalue weighted by Crippen LogP contribution is -2.12. The molecule has 0 amide bonds. The summed E-state index contributed by atoms with van der Waals surface area (Å²) in [5.74, 6) is -0.145. The summed E-state index contributed by atoms with van der Waals surface area (Å²) in [5, 5.41) is 0. The summed E-state index contributed by atoms with van der Waals surface area (Å²) in [5.41, 5.74) is 2.99. The van der Waals surface area contributed by atoms with E-state index in [1.54, 1.807) is 48.5 Å². The molecule has 3 rings (SSSR count). The van der Waals surface area contributed by atoms with Crippen molar-refractivity contribution >= 4 is 27.6 Å². The lowest BCUT2D eigenvalue weighted by molar-refractivity contribution is 0.104. The highest BCUT2D eigenvalue weighted by Crippen LogP contribution is 2.17. The SMILES string of the molecule is Cc1ccc(/C=C/C(=O)c2ccc(NS(=O)(=O)c3ccccc3)cc2)cc1. The second-order valence-corrected chi connectivity index (χ2v) is 7.79. The maximum atomic E-state index is 12.3. The Hall–Kier alpha value is -3.18. The van der Waals surface area contributed by atoms with Gasteiger partial charge in [-0.3, -0.25) is 9.52 Å². The van der Waals surface area contributed by atoms with E-state index in [-0.39, 0.29) is 10.7 Å². The second kappa shape index (κ2) is 8.01. The van der Waals surface area contributed by atoms with Gasteiger partial charge in [-0.25, -0.2) is 8.42 Å². The zero-order chi connectivity index (χ0) is 19.3. The molecule has 0 radical (unpaired) electrons. The quantitative estimate of drug-likeness (QED) is 0.501. The van der Waals surface area contributed by atoms with Crippen LogP contribution in [0.5, 0.6) is 0 Å². The number of carbonyl (C=O) groups excluding carboxylic acids is 1. The number of benzene rings is 3. The van der Waals surface area contributed by atoms with E-state index in [0.717, 1.165) is 11.1 Å². The number of carbonyl (C=O) groups is 1. The number of hydrogen-bond donors (Lipinski definition) is 1. The largest absolute Gasteiger partial charge is 0.289 e. The average molecular weight is 377 g/mol. The lowest BCUT2D eigenvalue weighted by Gasteiger charge is -2.08. The van der Waals surface area contributed by atoms with Gasteiger partial charge in [-0.15, -0.1) is 0 Å². The molecule has 27 heavy (non-hydrogen) atoms. The molecule has 0 heterocycles. The summed E-state index contributed by atoms with van der Waals surface area (Å²) in [6.07, 6.45) is 3.27. The number of nitrogens with one attached hydrogen (secondary N) is 1. The van der Waals surface area contributed by atoms with Crippen molar-refractivity contribution in [1.82, 2.24) is 0 Å². The van der Waals surface area contributed by atoms with Crippen molar-refractivity contribution in [3.63, 3.8) is 0 Å². The number of sulfonamides is 1. The van der Waals surface area contributed by atoms with Gasteiger partial charge >= 0.3 is 0 Å². The molecule has 0 saturated carbocycles. The van der Waals surface area contributed by atoms with Crippen molar-refractivity contribution in [2.75, 3.05) is 4.72 Å². The van der Waals surface area contributed by atoms with Crippen LogP contribution < -0.4 is 4.72 Å². The van der Waals surface area contributed by atoms with Crippen LogP contribution in [-0.2, 0) is 10.0 Å². The Morgan fingerprint density at radius 2 is 1.48 bits per heavy atom. The average Bonchev–Trinajstić information content (AvgIpc) is 2.68. The van der Waals surface area contributed by atoms with Crippen LogP contribution in [0.2, 0.25) is 0 Å². The number of anilines is 1. The first kappa shape index (κ1) is 18.6. The van der Waals surface area contributed by atoms with Gasteiger partial charge in [-0.05, 0) is 55.0 Å². The van der Waals surface area contributed by atoms with Gasteiger partial charge in [-0.1, -0.05) is 54.1 Å². The smallest absolute Gasteiger partial charge is 0.261 e. The van der Waals surface area contributed by atoms with Gasteiger partial charge in [0.05, 0.1) is 4.90 Å². The Kier molecular flexibility index (Phi) is 5.52. The summed E-state index contributed by atoms with van der Waals surface area (Å²) in [6, 6.07) is 22.3. The molecule has 0 aliphatic rings. The molecule has 3 aromatic carbocycles. The van der Waals surface area contributed by atoms with E-state index >= 15 is 0 Å². The third-order valence-electron chi connectivity index (χ3n) is 3.98. The summed E-state index contributed by atoms with van der Waals surface area (Å²) in [4.78, 5) is 12.5. The minimum absolute atomic E-state index is 0.145. The van der Waals surface area contributed by atoms with E-state index in [4.69, 9.17) is 0 Å². The topological polar surface area (TPSA) is 63.2 Å². The lowest BCUT2D eigenvalue weighted by atomic mass is 10.1. The van der Waals surface area contributed by atoms with E-state index in [2.05, 4.69) is 4.72 Å². The van der Waals surface area contributed by atoms with Crippen molar-refractivity contribution < 1.29 is 13.2 Å². The zero-order valence-corrected chi connectivity index (χ0v) is 15.6. The molecule has 0 bridgehead atoms. The molecular weight excluding hydrogens is 358 g/mol. The fourth-order valence-electron chi connectivity index (χ4n) is 2.46. The van der Waals surface area contributed by atoms with Crippen LogP contribution in [0.1, 0.15) is 21.5 Å². The van der Waals surface area contributed by atoms with Crippen LogP contribution in [0.15, 0.2) is 89.8 Å². The molecule has 136 valence electrons. The maximum Gasteiger partial charge on any atom is 0.261 e. The third-order valence-corrected chi connectivity index (χ3v) is 5.38. The highest BCUT2D eigenvalue weighted by molar-refractivity contribution is 7.92. The number of rotatable bonds is 6. The Bertz CT molecular complexity index is 1050. The fourth-order valence-corrected chi connectivity index (χ4v) is 3.54. The summed E-state index contributed by atoms with van der Waals surface area (Å²) in [7, 11) is -3.65. The van der Waals surface area contributed by atoms with Gasteiger partial charge in [-0.2, -0.15) is 0 Å². The molecule has 0 spiro atoms. The van der Waals surface area contributed by atoms with Crippen LogP contribution >= 0.6 is 0 Å². The van der Waals surface area contributed by atoms with Crippen molar-refractivity contribution in [2.24, 2.45) is 0 Å². The zero-order valence-electron chi connectivity index (χ0n) is 14.8. The van der Waals surface area contributed by atoms with Crippen molar-refractivity contribution in [2.45, 2.75) is 11.8 Å². The standard InChI is InChI=1S/C22H19NO3S/c1-17-7-9-18(10-8-17)11-16-22(24)19-12-14-20(15-13-19)23-27(25,26)21-5-3-2-4-6-21/h2-16,23H,1H3/b16-11+. The first-order valence-electron chi connectivity index (χ1n) is 8.41. The molecule has 0 unspecified atom stereocenters. The van der Waals surface area contributed by atoms with E-state index in [1.807, 2.05) is 31.2 Å². The molecular formula is C22H19NO3S. The van der Waals surface area contributed by atoms with Crippen LogP contribution in [-0.4, -0.2) is 14.2 Å². The number of aryl methyl sites for hydroxylation is 1. The van der Waals surface area contributed by atoms with Crippen molar-refractivity contribution in [3.8, 4) is 0 Å². The van der Waals surface area contributed by atoms with Gasteiger partial charge < -0.3 is 0 Å². The van der Waals surface area contributed by atoms with Gasteiger partial charge in [0.25, 0.3) is 10.0 Å². The normalized spacial score (nSPS) is 11.4. The summed E-state index contributed by atoms with van der Waals surface area (Å²) in [6.45, 7) is 2.01. The molecule has 4 nitrogen and oxygen atoms in total. The first-order valence-corrected chi connectivity index (χ1v) is 9.89. The molecule has 0 aliphatic carbocycles. The predicted molar refractivity (Wildman–Crippen MR) is 108 cm³/mol. The van der Waals surface area contributed by atoms with Crippen LogP contribution in [0.3, 0.4) is 0 Å². The summed E-state index contributed by atoms with van der Waals surface area (Å²) < 4.78 is 27.1. The highest BCUT2D eigenvalue weighted by atomic mass is 32.2. The van der Waals surface area contributed by atoms with Gasteiger partial charge in [0.1, 0.15) is 0 Å². The molecule has 0 fully saturated rings. The highest BCUT2D eigenvalue weighted by Gasteiger charge is 2.13. The molecule has 0 aromatic heterocycles. The Morgan fingerprint density at radius 3 is 2.11 bits per heavy atom. The minimum atomic E-state index is -3.65. The van der Waals surface area contributed by atoms with Crippen molar-refractivity contribution in [1.29, 1.82) is 0 Å². The number of ketones is 1. The first-order chi connectivity index (χ1) is 12.9. The van der Waals surface area contributed by atoms with Gasteiger partial charge in [0.15, 0.2) is 5.78 Å². The van der Waals surface area contributed by atoms with E-state index in [1.165, 1.54) is 18.2 Å². The molecule has 1 N–H and O–H groups in total. The Balaban J connectivity index is 1.69. The Morgan fingerprint density at radius 1 is 0.852 bits per heavy atom. The predicted octanol–water partition coefficient (Wildman–Crippen LogP) is 4.69. The van der Waals surface area contributed by atoms with E-state index < -0.39 is 10.0 Å². The molecule has 0 saturated heterocycles. The minimum Gasteiger partial charge on any atom is -0.289 e. The molecule has 0 atom stereocenters. The molecule has 3 aromatic rings. The van der Waals surface area contributed by atoms with Crippen LogP contribution in [0.4, 0.5) is 5.69 Å². The molecule has 0 aliphatic heterocycles. The van der Waals surface area contributed by atoms with Crippen molar-refractivity contribution in [3.05, 3.63) is 102 Å². The monoisotopic (exact) mass is 377 g/mol. The van der Waals surface area contributed by atoms with Gasteiger partial charge in [0.2, 0.25) is 0 Å². The number of hydrogen-bond acceptors (Lipinski definition) is 3. The molecule has 5 heteroatoms. The summed E-state index contributed by atoms with van der Waals surface area (Å²) >= 11 is 0. The third kappa shape index (κ3) is 4.92. The fraction of sp³-hybridized carbons (Fsp3) is 0.0455. The second-order valence-electron chi connectivity index (χ2n) is 6.10.